The molecule has 0 radical (unpaired) electrons. The molecule has 1 saturated heterocycles. The number of amides is 1. The van der Waals surface area contributed by atoms with Crippen LogP contribution in [0.3, 0.4) is 0 Å². The number of benzene rings is 4. The minimum absolute atomic E-state index is 0.0112. The lowest BCUT2D eigenvalue weighted by atomic mass is 9.90. The van der Waals surface area contributed by atoms with Crippen LogP contribution in [0.4, 0.5) is 0 Å². The third-order valence-electron chi connectivity index (χ3n) is 13.0. The normalized spacial score (nSPS) is 15.4. The van der Waals surface area contributed by atoms with Gasteiger partial charge in [-0.1, -0.05) is 79.1 Å². The van der Waals surface area contributed by atoms with Crippen molar-refractivity contribution in [3.8, 4) is 39.6 Å². The molecule has 340 valence electrons. The molecule has 0 spiro atoms. The van der Waals surface area contributed by atoms with Gasteiger partial charge in [-0.15, -0.1) is 26.6 Å². The van der Waals surface area contributed by atoms with E-state index in [1.807, 2.05) is 57.2 Å². The van der Waals surface area contributed by atoms with Crippen molar-refractivity contribution in [1.82, 2.24) is 39.7 Å². The van der Waals surface area contributed by atoms with Gasteiger partial charge in [-0.25, -0.2) is 4.57 Å². The van der Waals surface area contributed by atoms with E-state index in [4.69, 9.17) is 16.6 Å². The summed E-state index contributed by atoms with van der Waals surface area (Å²) in [7, 11) is 0. The largest absolute Gasteiger partial charge is 0.508 e. The van der Waals surface area contributed by atoms with Crippen LogP contribution in [0, 0.1) is 26.7 Å². The Hall–Kier alpha value is -6.35. The van der Waals surface area contributed by atoms with Crippen molar-refractivity contribution in [2.75, 3.05) is 19.6 Å². The second kappa shape index (κ2) is 18.9. The van der Waals surface area contributed by atoms with Crippen molar-refractivity contribution in [3.63, 3.8) is 0 Å². The molecule has 9 rings (SSSR count). The van der Waals surface area contributed by atoms with E-state index in [1.165, 1.54) is 32.2 Å². The fourth-order valence-electron chi connectivity index (χ4n) is 9.18. The minimum Gasteiger partial charge on any atom is -0.508 e. The summed E-state index contributed by atoms with van der Waals surface area (Å²) < 4.78 is 3.57. The molecule has 0 saturated carbocycles. The van der Waals surface area contributed by atoms with Crippen molar-refractivity contribution < 1.29 is 20.1 Å². The van der Waals surface area contributed by atoms with Gasteiger partial charge in [-0.05, 0) is 130 Å². The number of aromatic nitrogens is 6. The highest BCUT2D eigenvalue weighted by Crippen LogP contribution is 2.41. The van der Waals surface area contributed by atoms with Crippen molar-refractivity contribution in [2.24, 2.45) is 10.9 Å². The number of fused-ring (bicyclic) bond motifs is 3. The lowest BCUT2D eigenvalue weighted by Gasteiger charge is -2.32. The molecule has 4 aromatic carbocycles. The number of aliphatic imine (C=N–C) groups is 1. The van der Waals surface area contributed by atoms with E-state index in [0.717, 1.165) is 78.5 Å². The number of hydrogen-bond donors (Lipinski definition) is 4. The summed E-state index contributed by atoms with van der Waals surface area (Å²) in [4.78, 5) is 22.5. The average Bonchev–Trinajstić information content (AvgIpc) is 3.94. The van der Waals surface area contributed by atoms with E-state index in [9.17, 15) is 20.1 Å². The predicted octanol–water partition coefficient (Wildman–Crippen LogP) is 9.49. The Morgan fingerprint density at radius 1 is 0.833 bits per heavy atom. The first kappa shape index (κ1) is 44.8. The number of likely N-dealkylation sites (tertiary alicyclic amines) is 1. The van der Waals surface area contributed by atoms with Crippen LogP contribution in [0.15, 0.2) is 89.9 Å². The second-order valence-electron chi connectivity index (χ2n) is 17.9. The lowest BCUT2D eigenvalue weighted by molar-refractivity contribution is -0.121. The van der Waals surface area contributed by atoms with Crippen LogP contribution < -0.4 is 5.32 Å². The summed E-state index contributed by atoms with van der Waals surface area (Å²) in [6.45, 7) is 13.6. The topological polar surface area (TPSA) is 167 Å². The van der Waals surface area contributed by atoms with E-state index in [0.29, 0.717) is 45.9 Å². The highest BCUT2D eigenvalue weighted by molar-refractivity contribution is 7.15. The van der Waals surface area contributed by atoms with Crippen molar-refractivity contribution >= 4 is 34.6 Å². The van der Waals surface area contributed by atoms with Gasteiger partial charge in [0, 0.05) is 40.2 Å². The number of phenols is 2. The number of piperidine rings is 1. The molecule has 1 fully saturated rings. The Bertz CT molecular complexity index is 2910. The molecule has 66 heavy (non-hydrogen) atoms. The van der Waals surface area contributed by atoms with E-state index in [2.05, 4.69) is 85.4 Å². The van der Waals surface area contributed by atoms with Gasteiger partial charge in [-0.2, -0.15) is 0 Å². The zero-order chi connectivity index (χ0) is 46.2. The summed E-state index contributed by atoms with van der Waals surface area (Å²) in [5, 5.41) is 53.5. The molecule has 2 aliphatic heterocycles. The molecule has 2 aliphatic rings. The molecule has 3 aromatic heterocycles. The standard InChI is InChI=1S/C51H54ClN9O4S/c1-29(2)40-25-41(44(63)27-43(40)62)48-56-58-51(65)61(48)39-16-10-34(11-17-39)24-35-19-22-59(23-20-35)28-36-8-6-33(7-9-36)18-21-53-45(64)26-42-49-57-55-32(5)60(49)50-46(30(3)31(4)66-50)47(54-42)37-12-14-38(52)15-13-37/h6-17,25,27,29,35,42,62-63H,18-24,26,28H2,1-5H3,(H,53,64)(H,58,65)/t42-/m0/s1. The Kier molecular flexibility index (Phi) is 12.8. The maximum Gasteiger partial charge on any atom is 0.319 e. The summed E-state index contributed by atoms with van der Waals surface area (Å²) >= 11 is 7.96. The van der Waals surface area contributed by atoms with Gasteiger partial charge in [0.1, 0.15) is 28.4 Å². The average molecular weight is 925 g/mol. The number of rotatable bonds is 13. The van der Waals surface area contributed by atoms with Crippen LogP contribution in [-0.4, -0.2) is 81.0 Å². The highest BCUT2D eigenvalue weighted by Gasteiger charge is 2.32. The molecular weight excluding hydrogens is 870 g/mol. The van der Waals surface area contributed by atoms with Gasteiger partial charge in [0.2, 0.25) is 5.91 Å². The first-order chi connectivity index (χ1) is 31.8. The number of aromatic hydroxyl groups is 3. The SMILES string of the molecule is Cc1sc2c(c1C)C(c1ccc(Cl)cc1)=N[C@@H](CC(=O)NCCc1ccc(CN3CCC(Cc4ccc(-n5c(O)nnc5-c5cc(C(C)C)c(O)cc5O)cc4)CC3)cc1)c1nnc(C)n1-2. The first-order valence-corrected chi connectivity index (χ1v) is 23.7. The minimum atomic E-state index is -0.515. The summed E-state index contributed by atoms with van der Waals surface area (Å²) in [5.41, 5.74) is 9.35. The number of nitrogens with one attached hydrogen (secondary N) is 1. The van der Waals surface area contributed by atoms with Crippen LogP contribution >= 0.6 is 22.9 Å². The van der Waals surface area contributed by atoms with Crippen molar-refractivity contribution in [2.45, 2.75) is 85.2 Å². The zero-order valence-corrected chi connectivity index (χ0v) is 39.4. The maximum atomic E-state index is 13.5. The molecule has 1 amide bonds. The van der Waals surface area contributed by atoms with Gasteiger partial charge in [0.25, 0.3) is 0 Å². The first-order valence-electron chi connectivity index (χ1n) is 22.5. The van der Waals surface area contributed by atoms with Crippen LogP contribution in [-0.2, 0) is 24.2 Å². The van der Waals surface area contributed by atoms with Crippen molar-refractivity contribution in [3.05, 3.63) is 145 Å². The second-order valence-corrected chi connectivity index (χ2v) is 19.5. The summed E-state index contributed by atoms with van der Waals surface area (Å²) in [5.74, 6) is 2.09. The number of halogens is 1. The third kappa shape index (κ3) is 9.22. The number of hydrogen-bond acceptors (Lipinski definition) is 11. The quantitative estimate of drug-likeness (QED) is 0.0881. The zero-order valence-electron chi connectivity index (χ0n) is 37.8. The number of carbonyl (C=O) groups is 1. The van der Waals surface area contributed by atoms with Crippen LogP contribution in [0.2, 0.25) is 5.02 Å². The lowest BCUT2D eigenvalue weighted by Crippen LogP contribution is -2.33. The van der Waals surface area contributed by atoms with Gasteiger partial charge in [0.05, 0.1) is 23.4 Å². The van der Waals surface area contributed by atoms with Crippen LogP contribution in [0.25, 0.3) is 22.1 Å². The maximum absolute atomic E-state index is 13.5. The molecule has 5 heterocycles. The highest BCUT2D eigenvalue weighted by atomic mass is 35.5. The third-order valence-corrected chi connectivity index (χ3v) is 14.4. The Morgan fingerprint density at radius 3 is 2.24 bits per heavy atom. The number of phenolic OH excluding ortho intramolecular Hbond substituents is 2. The molecule has 1 atom stereocenters. The Labute approximate surface area is 393 Å². The fourth-order valence-corrected chi connectivity index (χ4v) is 10.5. The predicted molar refractivity (Wildman–Crippen MR) is 259 cm³/mol. The fraction of sp³-hybridized carbons (Fsp3) is 0.333. The smallest absolute Gasteiger partial charge is 0.319 e. The number of thiophene rings is 1. The van der Waals surface area contributed by atoms with Gasteiger partial charge < -0.3 is 20.6 Å². The molecule has 4 N–H and O–H groups in total. The molecule has 0 bridgehead atoms. The van der Waals surface area contributed by atoms with Crippen molar-refractivity contribution in [1.29, 1.82) is 0 Å². The monoisotopic (exact) mass is 923 g/mol. The number of nitrogens with zero attached hydrogens (tertiary/aromatic N) is 8. The van der Waals surface area contributed by atoms with E-state index < -0.39 is 6.04 Å². The summed E-state index contributed by atoms with van der Waals surface area (Å²) in [6, 6.07) is 26.7. The van der Waals surface area contributed by atoms with Gasteiger partial charge >= 0.3 is 6.01 Å². The molecule has 0 aliphatic carbocycles. The van der Waals surface area contributed by atoms with E-state index in [1.54, 1.807) is 17.4 Å². The molecular formula is C51H54ClN9O4S. The summed E-state index contributed by atoms with van der Waals surface area (Å²) in [6.07, 6.45) is 4.04. The van der Waals surface area contributed by atoms with E-state index in [-0.39, 0.29) is 35.8 Å². The van der Waals surface area contributed by atoms with Gasteiger partial charge in [-0.3, -0.25) is 19.3 Å². The number of aryl methyl sites for hydroxylation is 2. The van der Waals surface area contributed by atoms with Crippen LogP contribution in [0.5, 0.6) is 17.5 Å². The Balaban J connectivity index is 0.761. The Morgan fingerprint density at radius 2 is 1.53 bits per heavy atom. The van der Waals surface area contributed by atoms with Gasteiger partial charge in [0.15, 0.2) is 11.6 Å². The molecule has 13 nitrogen and oxygen atoms in total. The van der Waals surface area contributed by atoms with Crippen LogP contribution in [0.1, 0.15) is 101 Å². The molecule has 0 unspecified atom stereocenters. The number of carbonyl (C=O) groups excluding carboxylic acids is 1. The molecule has 15 heteroatoms. The van der Waals surface area contributed by atoms with E-state index >= 15 is 0 Å². The molecule has 7 aromatic rings.